The number of nitrogens with zero attached hydrogens (tertiary/aromatic N) is 2. The minimum absolute atomic E-state index is 0.332. The molecule has 0 atom stereocenters. The standard InChI is InChI=1S/C11H18N2O/c1-9(2)13(7-3-6-12)8-11(14)10-4-5-10/h9-10H,3-5,7-8H2,1-2H3. The van der Waals surface area contributed by atoms with Crippen molar-refractivity contribution in [2.75, 3.05) is 13.1 Å². The summed E-state index contributed by atoms with van der Waals surface area (Å²) in [6.45, 7) is 5.38. The number of Topliss-reactive ketones (excluding diaryl/α,β-unsaturated/α-hetero) is 1. The fourth-order valence-corrected chi connectivity index (χ4v) is 1.45. The number of ketones is 1. The molecule has 0 aromatic carbocycles. The summed E-state index contributed by atoms with van der Waals surface area (Å²) in [5, 5.41) is 8.49. The van der Waals surface area contributed by atoms with Gasteiger partial charge < -0.3 is 0 Å². The molecular formula is C11H18N2O. The third-order valence-electron chi connectivity index (χ3n) is 2.63. The summed E-state index contributed by atoms with van der Waals surface area (Å²) in [4.78, 5) is 13.6. The highest BCUT2D eigenvalue weighted by atomic mass is 16.1. The van der Waals surface area contributed by atoms with E-state index in [2.05, 4.69) is 24.8 Å². The van der Waals surface area contributed by atoms with Gasteiger partial charge in [-0.15, -0.1) is 0 Å². The number of rotatable bonds is 6. The summed E-state index contributed by atoms with van der Waals surface area (Å²) in [5.41, 5.74) is 0. The van der Waals surface area contributed by atoms with Crippen LogP contribution in [0.4, 0.5) is 0 Å². The van der Waals surface area contributed by atoms with Crippen LogP contribution in [0.3, 0.4) is 0 Å². The highest BCUT2D eigenvalue weighted by Crippen LogP contribution is 2.30. The van der Waals surface area contributed by atoms with Crippen molar-refractivity contribution in [2.45, 2.75) is 39.2 Å². The van der Waals surface area contributed by atoms with Crippen LogP contribution >= 0.6 is 0 Å². The fourth-order valence-electron chi connectivity index (χ4n) is 1.45. The number of carbonyl (C=O) groups is 1. The van der Waals surface area contributed by atoms with E-state index in [4.69, 9.17) is 5.26 Å². The normalized spacial score (nSPS) is 15.9. The molecule has 0 aliphatic heterocycles. The number of hydrogen-bond acceptors (Lipinski definition) is 3. The molecular weight excluding hydrogens is 176 g/mol. The molecule has 0 bridgehead atoms. The molecule has 0 amide bonds. The van der Waals surface area contributed by atoms with Crippen LogP contribution in [-0.4, -0.2) is 29.8 Å². The second-order valence-corrected chi connectivity index (χ2v) is 4.21. The zero-order valence-electron chi connectivity index (χ0n) is 8.99. The van der Waals surface area contributed by atoms with E-state index >= 15 is 0 Å². The van der Waals surface area contributed by atoms with Gasteiger partial charge in [-0.3, -0.25) is 9.69 Å². The molecule has 0 heterocycles. The van der Waals surface area contributed by atoms with Gasteiger partial charge in [0.25, 0.3) is 0 Å². The average molecular weight is 194 g/mol. The Balaban J connectivity index is 2.34. The molecule has 0 aromatic heterocycles. The van der Waals surface area contributed by atoms with Crippen LogP contribution < -0.4 is 0 Å². The number of hydrogen-bond donors (Lipinski definition) is 0. The molecule has 0 radical (unpaired) electrons. The largest absolute Gasteiger partial charge is 0.298 e. The lowest BCUT2D eigenvalue weighted by Gasteiger charge is -2.24. The van der Waals surface area contributed by atoms with Crippen molar-refractivity contribution in [1.82, 2.24) is 4.90 Å². The molecule has 1 fully saturated rings. The van der Waals surface area contributed by atoms with Crippen LogP contribution in [0.1, 0.15) is 33.1 Å². The first kappa shape index (κ1) is 11.2. The number of nitriles is 1. The highest BCUT2D eigenvalue weighted by Gasteiger charge is 2.30. The Morgan fingerprint density at radius 2 is 2.21 bits per heavy atom. The van der Waals surface area contributed by atoms with Crippen LogP contribution in [0, 0.1) is 17.2 Å². The zero-order chi connectivity index (χ0) is 10.6. The fraction of sp³-hybridized carbons (Fsp3) is 0.818. The second kappa shape index (κ2) is 5.11. The summed E-state index contributed by atoms with van der Waals surface area (Å²) in [7, 11) is 0. The smallest absolute Gasteiger partial charge is 0.149 e. The average Bonchev–Trinajstić information content (AvgIpc) is 2.94. The Morgan fingerprint density at radius 1 is 1.57 bits per heavy atom. The van der Waals surface area contributed by atoms with Gasteiger partial charge in [-0.1, -0.05) is 0 Å². The first-order chi connectivity index (χ1) is 6.65. The van der Waals surface area contributed by atoms with Crippen LogP contribution in [0.2, 0.25) is 0 Å². The Hall–Kier alpha value is -0.880. The van der Waals surface area contributed by atoms with E-state index in [1.807, 2.05) is 0 Å². The van der Waals surface area contributed by atoms with Crippen LogP contribution in [0.25, 0.3) is 0 Å². The van der Waals surface area contributed by atoms with E-state index in [1.54, 1.807) is 0 Å². The molecule has 1 rings (SSSR count). The third-order valence-corrected chi connectivity index (χ3v) is 2.63. The molecule has 0 unspecified atom stereocenters. The van der Waals surface area contributed by atoms with E-state index < -0.39 is 0 Å². The van der Waals surface area contributed by atoms with Crippen LogP contribution in [-0.2, 0) is 4.79 Å². The summed E-state index contributed by atoms with van der Waals surface area (Å²) in [6.07, 6.45) is 2.65. The van der Waals surface area contributed by atoms with Crippen molar-refractivity contribution in [3.8, 4) is 6.07 Å². The summed E-state index contributed by atoms with van der Waals surface area (Å²) < 4.78 is 0. The predicted molar refractivity (Wildman–Crippen MR) is 54.7 cm³/mol. The molecule has 3 nitrogen and oxygen atoms in total. The quantitative estimate of drug-likeness (QED) is 0.645. The SMILES string of the molecule is CC(C)N(CCC#N)CC(=O)C1CC1. The Bertz CT molecular complexity index is 238. The van der Waals surface area contributed by atoms with E-state index in [0.29, 0.717) is 37.3 Å². The van der Waals surface area contributed by atoms with Crippen molar-refractivity contribution in [3.05, 3.63) is 0 Å². The van der Waals surface area contributed by atoms with Crippen molar-refractivity contribution in [1.29, 1.82) is 5.26 Å². The van der Waals surface area contributed by atoms with Crippen molar-refractivity contribution in [2.24, 2.45) is 5.92 Å². The first-order valence-corrected chi connectivity index (χ1v) is 5.29. The molecule has 0 aromatic rings. The topological polar surface area (TPSA) is 44.1 Å². The van der Waals surface area contributed by atoms with Crippen LogP contribution in [0.15, 0.2) is 0 Å². The maximum atomic E-state index is 11.6. The summed E-state index contributed by atoms with van der Waals surface area (Å²) >= 11 is 0. The summed E-state index contributed by atoms with van der Waals surface area (Å²) in [6, 6.07) is 2.47. The van der Waals surface area contributed by atoms with Gasteiger partial charge in [0.05, 0.1) is 12.6 Å². The minimum Gasteiger partial charge on any atom is -0.298 e. The van der Waals surface area contributed by atoms with Gasteiger partial charge >= 0.3 is 0 Å². The van der Waals surface area contributed by atoms with Crippen molar-refractivity contribution >= 4 is 5.78 Å². The van der Waals surface area contributed by atoms with E-state index in [0.717, 1.165) is 12.8 Å². The van der Waals surface area contributed by atoms with Crippen LogP contribution in [0.5, 0.6) is 0 Å². The molecule has 0 spiro atoms. The van der Waals surface area contributed by atoms with Crippen molar-refractivity contribution in [3.63, 3.8) is 0 Å². The van der Waals surface area contributed by atoms with Gasteiger partial charge in [0.15, 0.2) is 0 Å². The van der Waals surface area contributed by atoms with Crippen molar-refractivity contribution < 1.29 is 4.79 Å². The molecule has 1 aliphatic carbocycles. The molecule has 1 saturated carbocycles. The molecule has 0 N–H and O–H groups in total. The minimum atomic E-state index is 0.332. The highest BCUT2D eigenvalue weighted by molar-refractivity contribution is 5.85. The molecule has 0 saturated heterocycles. The van der Waals surface area contributed by atoms with Gasteiger partial charge in [0, 0.05) is 24.9 Å². The van der Waals surface area contributed by atoms with Gasteiger partial charge in [-0.05, 0) is 26.7 Å². The third kappa shape index (κ3) is 3.47. The van der Waals surface area contributed by atoms with Gasteiger partial charge in [0.1, 0.15) is 5.78 Å². The second-order valence-electron chi connectivity index (χ2n) is 4.21. The maximum absolute atomic E-state index is 11.6. The van der Waals surface area contributed by atoms with Gasteiger partial charge in [-0.25, -0.2) is 0 Å². The molecule has 78 valence electrons. The maximum Gasteiger partial charge on any atom is 0.149 e. The predicted octanol–water partition coefficient (Wildman–Crippen LogP) is 1.59. The number of carbonyl (C=O) groups excluding carboxylic acids is 1. The van der Waals surface area contributed by atoms with Gasteiger partial charge in [0.2, 0.25) is 0 Å². The lowest BCUT2D eigenvalue weighted by Crippen LogP contribution is -2.36. The molecule has 1 aliphatic rings. The Kier molecular flexibility index (Phi) is 4.09. The monoisotopic (exact) mass is 194 g/mol. The lowest BCUT2D eigenvalue weighted by molar-refractivity contribution is -0.121. The first-order valence-electron chi connectivity index (χ1n) is 5.29. The Labute approximate surface area is 85.7 Å². The Morgan fingerprint density at radius 3 is 2.64 bits per heavy atom. The lowest BCUT2D eigenvalue weighted by atomic mass is 10.2. The summed E-state index contributed by atoms with van der Waals surface area (Å²) in [5.74, 6) is 0.690. The van der Waals surface area contributed by atoms with E-state index in [-0.39, 0.29) is 0 Å². The molecule has 3 heteroatoms. The van der Waals surface area contributed by atoms with E-state index in [9.17, 15) is 4.79 Å². The van der Waals surface area contributed by atoms with Gasteiger partial charge in [-0.2, -0.15) is 5.26 Å². The molecule has 14 heavy (non-hydrogen) atoms. The van der Waals surface area contributed by atoms with E-state index in [1.165, 1.54) is 0 Å². The zero-order valence-corrected chi connectivity index (χ0v) is 8.99.